The second-order valence-corrected chi connectivity index (χ2v) is 7.07. The molecule has 1 amide bonds. The smallest absolute Gasteiger partial charge is 0.326 e. The van der Waals surface area contributed by atoms with Crippen LogP contribution in [0.15, 0.2) is 24.3 Å². The third-order valence-electron chi connectivity index (χ3n) is 3.31. The molecule has 0 bridgehead atoms. The van der Waals surface area contributed by atoms with E-state index in [1.807, 2.05) is 6.26 Å². The third kappa shape index (κ3) is 4.55. The summed E-state index contributed by atoms with van der Waals surface area (Å²) < 4.78 is 13.0. The molecule has 24 heavy (non-hydrogen) atoms. The van der Waals surface area contributed by atoms with Gasteiger partial charge >= 0.3 is 5.97 Å². The Balaban J connectivity index is 2.17. The highest BCUT2D eigenvalue weighted by atomic mass is 32.2. The van der Waals surface area contributed by atoms with Crippen LogP contribution < -0.4 is 5.32 Å². The largest absolute Gasteiger partial charge is 0.480 e. The summed E-state index contributed by atoms with van der Waals surface area (Å²) in [5, 5.41) is 12.3. The molecule has 2 aromatic rings. The molecule has 0 spiro atoms. The highest BCUT2D eigenvalue weighted by molar-refractivity contribution is 7.98. The van der Waals surface area contributed by atoms with E-state index in [0.717, 1.165) is 11.3 Å². The molecular weight excluding hydrogens is 351 g/mol. The number of nitrogens with one attached hydrogen (secondary N) is 1. The van der Waals surface area contributed by atoms with Gasteiger partial charge in [-0.15, -0.1) is 11.3 Å². The number of carboxylic acid groups (broad SMARTS) is 1. The number of aliphatic carboxylic acids is 1. The molecule has 1 aromatic carbocycles. The first-order valence-corrected chi connectivity index (χ1v) is 9.39. The van der Waals surface area contributed by atoms with Crippen LogP contribution >= 0.6 is 23.1 Å². The zero-order valence-electron chi connectivity index (χ0n) is 13.2. The van der Waals surface area contributed by atoms with Crippen LogP contribution in [0.4, 0.5) is 4.39 Å². The molecule has 1 unspecified atom stereocenters. The fourth-order valence-corrected chi connectivity index (χ4v) is 3.49. The van der Waals surface area contributed by atoms with Gasteiger partial charge in [-0.1, -0.05) is 0 Å². The topological polar surface area (TPSA) is 79.3 Å². The first-order chi connectivity index (χ1) is 11.4. The molecule has 0 aliphatic carbocycles. The summed E-state index contributed by atoms with van der Waals surface area (Å²) in [6.07, 6.45) is 2.23. The lowest BCUT2D eigenvalue weighted by Gasteiger charge is -2.13. The molecular formula is C16H17FN2O3S2. The van der Waals surface area contributed by atoms with Crippen molar-refractivity contribution in [3.63, 3.8) is 0 Å². The number of thiazole rings is 1. The minimum Gasteiger partial charge on any atom is -0.480 e. The number of rotatable bonds is 7. The molecule has 0 saturated carbocycles. The van der Waals surface area contributed by atoms with Crippen LogP contribution in [-0.4, -0.2) is 40.0 Å². The van der Waals surface area contributed by atoms with Gasteiger partial charge in [0.1, 0.15) is 21.7 Å². The molecule has 1 heterocycles. The normalized spacial score (nSPS) is 12.0. The van der Waals surface area contributed by atoms with Gasteiger partial charge in [-0.3, -0.25) is 4.79 Å². The number of halogens is 1. The molecule has 2 rings (SSSR count). The molecule has 5 nitrogen and oxygen atoms in total. The predicted molar refractivity (Wildman–Crippen MR) is 94.1 cm³/mol. The lowest BCUT2D eigenvalue weighted by atomic mass is 10.2. The van der Waals surface area contributed by atoms with Gasteiger partial charge in [-0.25, -0.2) is 14.2 Å². The van der Waals surface area contributed by atoms with Gasteiger partial charge in [0.05, 0.1) is 5.69 Å². The highest BCUT2D eigenvalue weighted by Gasteiger charge is 2.23. The van der Waals surface area contributed by atoms with Crippen molar-refractivity contribution in [2.24, 2.45) is 0 Å². The van der Waals surface area contributed by atoms with Gasteiger partial charge in [0.15, 0.2) is 0 Å². The maximum atomic E-state index is 13.0. The lowest BCUT2D eigenvalue weighted by Crippen LogP contribution is -2.41. The Morgan fingerprint density at radius 1 is 1.38 bits per heavy atom. The molecule has 8 heteroatoms. The monoisotopic (exact) mass is 368 g/mol. The van der Waals surface area contributed by atoms with Crippen molar-refractivity contribution in [1.82, 2.24) is 10.3 Å². The van der Waals surface area contributed by atoms with Gasteiger partial charge < -0.3 is 10.4 Å². The Labute approximate surface area is 147 Å². The Morgan fingerprint density at radius 3 is 2.62 bits per heavy atom. The van der Waals surface area contributed by atoms with Crippen LogP contribution in [0.5, 0.6) is 0 Å². The van der Waals surface area contributed by atoms with Crippen molar-refractivity contribution >= 4 is 35.0 Å². The first-order valence-electron chi connectivity index (χ1n) is 7.18. The number of aryl methyl sites for hydroxylation is 1. The first kappa shape index (κ1) is 18.4. The number of aromatic nitrogens is 1. The van der Waals surface area contributed by atoms with Crippen LogP contribution in [0.3, 0.4) is 0 Å². The van der Waals surface area contributed by atoms with Crippen molar-refractivity contribution in [3.8, 4) is 10.6 Å². The number of hydrogen-bond donors (Lipinski definition) is 2. The van der Waals surface area contributed by atoms with E-state index >= 15 is 0 Å². The number of benzene rings is 1. The summed E-state index contributed by atoms with van der Waals surface area (Å²) in [6.45, 7) is 1.69. The van der Waals surface area contributed by atoms with Crippen LogP contribution in [0.2, 0.25) is 0 Å². The molecule has 0 aliphatic heterocycles. The number of thioether (sulfide) groups is 1. The second-order valence-electron chi connectivity index (χ2n) is 5.09. The van der Waals surface area contributed by atoms with E-state index in [-0.39, 0.29) is 5.82 Å². The number of carbonyl (C=O) groups excluding carboxylic acids is 1. The van der Waals surface area contributed by atoms with Crippen LogP contribution in [0, 0.1) is 12.7 Å². The molecule has 0 fully saturated rings. The van der Waals surface area contributed by atoms with E-state index in [1.165, 1.54) is 23.9 Å². The molecule has 2 N–H and O–H groups in total. The summed E-state index contributed by atoms with van der Waals surface area (Å²) in [6, 6.07) is 4.91. The van der Waals surface area contributed by atoms with E-state index in [1.54, 1.807) is 19.1 Å². The summed E-state index contributed by atoms with van der Waals surface area (Å²) >= 11 is 2.68. The summed E-state index contributed by atoms with van der Waals surface area (Å²) in [5.41, 5.74) is 1.23. The fourth-order valence-electron chi connectivity index (χ4n) is 2.04. The van der Waals surface area contributed by atoms with Crippen molar-refractivity contribution in [1.29, 1.82) is 0 Å². The SMILES string of the molecule is CSCCC(NC(=O)c1sc(-c2ccc(F)cc2)nc1C)C(=O)O. The predicted octanol–water partition coefficient (Wildman–Crippen LogP) is 3.19. The Kier molecular flexibility index (Phi) is 6.33. The van der Waals surface area contributed by atoms with Crippen molar-refractivity contribution < 1.29 is 19.1 Å². The average molecular weight is 368 g/mol. The number of hydrogen-bond acceptors (Lipinski definition) is 5. The Morgan fingerprint density at radius 2 is 2.04 bits per heavy atom. The maximum Gasteiger partial charge on any atom is 0.326 e. The fraction of sp³-hybridized carbons (Fsp3) is 0.312. The van der Waals surface area contributed by atoms with E-state index in [0.29, 0.717) is 33.3 Å². The van der Waals surface area contributed by atoms with Crippen molar-refractivity contribution in [2.45, 2.75) is 19.4 Å². The highest BCUT2D eigenvalue weighted by Crippen LogP contribution is 2.28. The van der Waals surface area contributed by atoms with Gasteiger partial charge in [-0.05, 0) is 49.6 Å². The zero-order chi connectivity index (χ0) is 17.7. The van der Waals surface area contributed by atoms with Crippen LogP contribution in [0.25, 0.3) is 10.6 Å². The van der Waals surface area contributed by atoms with E-state index in [9.17, 15) is 19.1 Å². The standard InChI is InChI=1S/C16H17FN2O3S2/c1-9-13(14(20)19-12(16(21)22)7-8-23-2)24-15(18-9)10-3-5-11(17)6-4-10/h3-6,12H,7-8H2,1-2H3,(H,19,20)(H,21,22). The van der Waals surface area contributed by atoms with Crippen molar-refractivity contribution in [3.05, 3.63) is 40.7 Å². The van der Waals surface area contributed by atoms with Crippen LogP contribution in [-0.2, 0) is 4.79 Å². The number of carbonyl (C=O) groups is 2. The van der Waals surface area contributed by atoms with Gasteiger partial charge in [0, 0.05) is 5.56 Å². The van der Waals surface area contributed by atoms with Gasteiger partial charge in [-0.2, -0.15) is 11.8 Å². The van der Waals surface area contributed by atoms with Gasteiger partial charge in [0.25, 0.3) is 5.91 Å². The number of carboxylic acids is 1. The Hall–Kier alpha value is -1.93. The average Bonchev–Trinajstić information content (AvgIpc) is 2.93. The van der Waals surface area contributed by atoms with Crippen molar-refractivity contribution in [2.75, 3.05) is 12.0 Å². The van der Waals surface area contributed by atoms with E-state index < -0.39 is 17.9 Å². The quantitative estimate of drug-likeness (QED) is 0.785. The molecule has 0 radical (unpaired) electrons. The molecule has 0 saturated heterocycles. The number of nitrogens with zero attached hydrogens (tertiary/aromatic N) is 1. The summed E-state index contributed by atoms with van der Waals surface area (Å²) in [7, 11) is 0. The molecule has 1 aromatic heterocycles. The van der Waals surface area contributed by atoms with Gasteiger partial charge in [0.2, 0.25) is 0 Å². The maximum absolute atomic E-state index is 13.0. The van der Waals surface area contributed by atoms with Crippen LogP contribution in [0.1, 0.15) is 21.8 Å². The minimum absolute atomic E-state index is 0.344. The Bertz CT molecular complexity index is 731. The van der Waals surface area contributed by atoms with E-state index in [4.69, 9.17) is 0 Å². The van der Waals surface area contributed by atoms with E-state index in [2.05, 4.69) is 10.3 Å². The third-order valence-corrected chi connectivity index (χ3v) is 5.16. The number of amides is 1. The lowest BCUT2D eigenvalue weighted by molar-refractivity contribution is -0.139. The molecule has 0 aliphatic rings. The molecule has 128 valence electrons. The zero-order valence-corrected chi connectivity index (χ0v) is 14.8. The second kappa shape index (κ2) is 8.25. The minimum atomic E-state index is -1.06. The summed E-state index contributed by atoms with van der Waals surface area (Å²) in [5.74, 6) is -1.21. The molecule has 1 atom stereocenters. The summed E-state index contributed by atoms with van der Waals surface area (Å²) in [4.78, 5) is 28.3.